The lowest BCUT2D eigenvalue weighted by molar-refractivity contribution is 0.225. The Balaban J connectivity index is 2.01. The third kappa shape index (κ3) is 2.28. The number of rotatable bonds is 2. The highest BCUT2D eigenvalue weighted by Gasteiger charge is 2.17. The molecule has 0 aliphatic carbocycles. The zero-order chi connectivity index (χ0) is 11.7. The molecule has 1 aliphatic rings. The number of fused-ring (bicyclic) bond motifs is 1. The van der Waals surface area contributed by atoms with Crippen LogP contribution in [0.3, 0.4) is 0 Å². The lowest BCUT2D eigenvalue weighted by Crippen LogP contribution is -2.19. The lowest BCUT2D eigenvalue weighted by Gasteiger charge is -2.14. The number of halogens is 1. The summed E-state index contributed by atoms with van der Waals surface area (Å²) >= 11 is 3.51. The summed E-state index contributed by atoms with van der Waals surface area (Å²) < 4.78 is 7.04. The van der Waals surface area contributed by atoms with Gasteiger partial charge in [-0.2, -0.15) is 0 Å². The molecule has 2 aromatic rings. The Bertz CT molecular complexity index is 538. The third-order valence-corrected chi connectivity index (χ3v) is 3.40. The van der Waals surface area contributed by atoms with Gasteiger partial charge in [0.05, 0.1) is 0 Å². The topological polar surface area (TPSA) is 34.1 Å². The van der Waals surface area contributed by atoms with E-state index in [1.807, 2.05) is 18.2 Å². The molecule has 1 aromatic heterocycles. The average Bonchev–Trinajstić information content (AvgIpc) is 2.81. The Morgan fingerprint density at radius 1 is 1.41 bits per heavy atom. The molecule has 4 heteroatoms. The molecular formula is C13H13BrN2O. The second-order valence-corrected chi connectivity index (χ2v) is 5.13. The van der Waals surface area contributed by atoms with Crippen LogP contribution in [0.25, 0.3) is 10.9 Å². The molecular weight excluding hydrogens is 280 g/mol. The van der Waals surface area contributed by atoms with Crippen molar-refractivity contribution in [1.29, 1.82) is 0 Å². The van der Waals surface area contributed by atoms with Gasteiger partial charge < -0.3 is 10.1 Å². The smallest absolute Gasteiger partial charge is 0.147 e. The van der Waals surface area contributed by atoms with Gasteiger partial charge in [0, 0.05) is 22.6 Å². The minimum atomic E-state index is 0.259. The summed E-state index contributed by atoms with van der Waals surface area (Å²) in [6.45, 7) is 1.95. The Kier molecular flexibility index (Phi) is 2.99. The fourth-order valence-corrected chi connectivity index (χ4v) is 2.58. The minimum absolute atomic E-state index is 0.259. The number of benzene rings is 1. The molecule has 1 N–H and O–H groups in total. The summed E-state index contributed by atoms with van der Waals surface area (Å²) in [4.78, 5) is 4.40. The molecule has 0 saturated carbocycles. The van der Waals surface area contributed by atoms with Gasteiger partial charge in [-0.05, 0) is 31.2 Å². The first-order valence-corrected chi connectivity index (χ1v) is 6.54. The van der Waals surface area contributed by atoms with Gasteiger partial charge in [0.2, 0.25) is 0 Å². The van der Waals surface area contributed by atoms with Crippen molar-refractivity contribution in [3.8, 4) is 5.75 Å². The largest absolute Gasteiger partial charge is 0.487 e. The van der Waals surface area contributed by atoms with E-state index < -0.39 is 0 Å². The van der Waals surface area contributed by atoms with Crippen molar-refractivity contribution in [2.75, 3.05) is 13.1 Å². The summed E-state index contributed by atoms with van der Waals surface area (Å²) in [5.74, 6) is 0.865. The first-order chi connectivity index (χ1) is 8.33. The van der Waals surface area contributed by atoms with Gasteiger partial charge in [-0.1, -0.05) is 22.0 Å². The normalized spacial score (nSPS) is 19.7. The SMILES string of the molecule is Brc1cc(OC2CCNC2)c2ncccc2c1. The van der Waals surface area contributed by atoms with Crippen molar-refractivity contribution in [2.45, 2.75) is 12.5 Å². The first-order valence-electron chi connectivity index (χ1n) is 5.74. The van der Waals surface area contributed by atoms with Gasteiger partial charge in [-0.3, -0.25) is 4.98 Å². The molecule has 1 aliphatic heterocycles. The molecule has 1 fully saturated rings. The molecule has 1 saturated heterocycles. The van der Waals surface area contributed by atoms with Crippen molar-refractivity contribution >= 4 is 26.8 Å². The summed E-state index contributed by atoms with van der Waals surface area (Å²) in [7, 11) is 0. The number of hydrogen-bond donors (Lipinski definition) is 1. The van der Waals surface area contributed by atoms with Crippen LogP contribution < -0.4 is 10.1 Å². The zero-order valence-electron chi connectivity index (χ0n) is 9.32. The molecule has 1 aromatic carbocycles. The summed E-state index contributed by atoms with van der Waals surface area (Å²) in [5.41, 5.74) is 0.933. The van der Waals surface area contributed by atoms with Crippen molar-refractivity contribution < 1.29 is 4.74 Å². The molecule has 2 heterocycles. The fourth-order valence-electron chi connectivity index (χ4n) is 2.12. The van der Waals surface area contributed by atoms with Crippen LogP contribution in [0.1, 0.15) is 6.42 Å². The van der Waals surface area contributed by atoms with Crippen molar-refractivity contribution in [3.63, 3.8) is 0 Å². The van der Waals surface area contributed by atoms with Gasteiger partial charge >= 0.3 is 0 Å². The fraction of sp³-hybridized carbons (Fsp3) is 0.308. The van der Waals surface area contributed by atoms with Crippen LogP contribution in [0.4, 0.5) is 0 Å². The molecule has 17 heavy (non-hydrogen) atoms. The monoisotopic (exact) mass is 292 g/mol. The molecule has 3 nitrogen and oxygen atoms in total. The number of nitrogens with one attached hydrogen (secondary N) is 1. The van der Waals surface area contributed by atoms with Crippen LogP contribution in [-0.2, 0) is 0 Å². The second-order valence-electron chi connectivity index (χ2n) is 4.21. The molecule has 1 atom stereocenters. The van der Waals surface area contributed by atoms with Crippen molar-refractivity contribution in [3.05, 3.63) is 34.9 Å². The number of aromatic nitrogens is 1. The Morgan fingerprint density at radius 2 is 2.35 bits per heavy atom. The molecule has 0 amide bonds. The molecule has 88 valence electrons. The van der Waals surface area contributed by atoms with E-state index >= 15 is 0 Å². The van der Waals surface area contributed by atoms with E-state index in [-0.39, 0.29) is 6.10 Å². The summed E-state index contributed by atoms with van der Waals surface area (Å²) in [6.07, 6.45) is 3.12. The van der Waals surface area contributed by atoms with Gasteiger partial charge in [-0.25, -0.2) is 0 Å². The molecule has 0 bridgehead atoms. The van der Waals surface area contributed by atoms with E-state index in [0.29, 0.717) is 0 Å². The number of pyridine rings is 1. The molecule has 0 spiro atoms. The van der Waals surface area contributed by atoms with Crippen molar-refractivity contribution in [2.24, 2.45) is 0 Å². The maximum atomic E-state index is 6.01. The maximum Gasteiger partial charge on any atom is 0.147 e. The molecule has 0 radical (unpaired) electrons. The van der Waals surface area contributed by atoms with Crippen LogP contribution in [0, 0.1) is 0 Å². The summed E-state index contributed by atoms with van der Waals surface area (Å²) in [5, 5.41) is 4.40. The Morgan fingerprint density at radius 3 is 3.18 bits per heavy atom. The van der Waals surface area contributed by atoms with Gasteiger partial charge in [0.15, 0.2) is 0 Å². The number of nitrogens with zero attached hydrogens (tertiary/aromatic N) is 1. The molecule has 3 rings (SSSR count). The van der Waals surface area contributed by atoms with Crippen LogP contribution in [-0.4, -0.2) is 24.2 Å². The average molecular weight is 293 g/mol. The predicted molar refractivity (Wildman–Crippen MR) is 71.3 cm³/mol. The third-order valence-electron chi connectivity index (χ3n) is 2.94. The minimum Gasteiger partial charge on any atom is -0.487 e. The van der Waals surface area contributed by atoms with E-state index in [2.05, 4.69) is 32.3 Å². The number of hydrogen-bond acceptors (Lipinski definition) is 3. The predicted octanol–water partition coefficient (Wildman–Crippen LogP) is 2.74. The van der Waals surface area contributed by atoms with E-state index in [9.17, 15) is 0 Å². The standard InChI is InChI=1S/C13H13BrN2O/c14-10-6-9-2-1-4-16-13(9)12(7-10)17-11-3-5-15-8-11/h1-2,4,6-7,11,15H,3,5,8H2. The highest BCUT2D eigenvalue weighted by Crippen LogP contribution is 2.29. The molecule has 1 unspecified atom stereocenters. The first kappa shape index (κ1) is 11.0. The van der Waals surface area contributed by atoms with E-state index in [0.717, 1.165) is 40.6 Å². The van der Waals surface area contributed by atoms with E-state index in [1.54, 1.807) is 6.20 Å². The zero-order valence-corrected chi connectivity index (χ0v) is 10.9. The van der Waals surface area contributed by atoms with Crippen LogP contribution in [0.15, 0.2) is 34.9 Å². The second kappa shape index (κ2) is 4.63. The van der Waals surface area contributed by atoms with Gasteiger partial charge in [0.1, 0.15) is 17.4 Å². The quantitative estimate of drug-likeness (QED) is 0.924. The number of ether oxygens (including phenoxy) is 1. The Hall–Kier alpha value is -1.13. The van der Waals surface area contributed by atoms with E-state index in [4.69, 9.17) is 4.74 Å². The summed E-state index contributed by atoms with van der Waals surface area (Å²) in [6, 6.07) is 8.04. The van der Waals surface area contributed by atoms with Crippen LogP contribution in [0.5, 0.6) is 5.75 Å². The highest BCUT2D eigenvalue weighted by atomic mass is 79.9. The van der Waals surface area contributed by atoms with Gasteiger partial charge in [0.25, 0.3) is 0 Å². The van der Waals surface area contributed by atoms with Crippen LogP contribution in [0.2, 0.25) is 0 Å². The maximum absolute atomic E-state index is 6.01. The highest BCUT2D eigenvalue weighted by molar-refractivity contribution is 9.10. The Labute approximate surface area is 108 Å². The van der Waals surface area contributed by atoms with Crippen LogP contribution >= 0.6 is 15.9 Å². The van der Waals surface area contributed by atoms with E-state index in [1.165, 1.54) is 0 Å². The van der Waals surface area contributed by atoms with Gasteiger partial charge in [-0.15, -0.1) is 0 Å². The lowest BCUT2D eigenvalue weighted by atomic mass is 10.2. The van der Waals surface area contributed by atoms with Crippen molar-refractivity contribution in [1.82, 2.24) is 10.3 Å².